The molecule has 0 atom stereocenters. The van der Waals surface area contributed by atoms with Gasteiger partial charge in [-0.3, -0.25) is 0 Å². The highest BCUT2D eigenvalue weighted by atomic mass is 16.5. The third-order valence-corrected chi connectivity index (χ3v) is 1.83. The van der Waals surface area contributed by atoms with Crippen molar-refractivity contribution in [2.45, 2.75) is 20.8 Å². The minimum absolute atomic E-state index is 0.353. The molecule has 0 aromatic carbocycles. The van der Waals surface area contributed by atoms with E-state index < -0.39 is 0 Å². The molecule has 1 rings (SSSR count). The molecule has 0 aliphatic heterocycles. The first-order valence-electron chi connectivity index (χ1n) is 4.75. The van der Waals surface area contributed by atoms with Gasteiger partial charge in [-0.25, -0.2) is 0 Å². The van der Waals surface area contributed by atoms with E-state index in [2.05, 4.69) is 20.5 Å². The molecule has 0 aliphatic carbocycles. The molecule has 0 radical (unpaired) electrons. The summed E-state index contributed by atoms with van der Waals surface area (Å²) >= 11 is 0. The summed E-state index contributed by atoms with van der Waals surface area (Å²) in [6.07, 6.45) is 0. The molecule has 0 saturated heterocycles. The fraction of sp³-hybridized carbons (Fsp3) is 0.667. The first-order chi connectivity index (χ1) is 6.74. The fourth-order valence-electron chi connectivity index (χ4n) is 0.889. The van der Waals surface area contributed by atoms with E-state index in [9.17, 15) is 0 Å². The third kappa shape index (κ3) is 3.26. The largest absolute Gasteiger partial charge is 0.461 e. The van der Waals surface area contributed by atoms with Gasteiger partial charge in [0.05, 0.1) is 11.4 Å². The Hall–Kier alpha value is -1.23. The molecule has 78 valence electrons. The Morgan fingerprint density at radius 3 is 2.64 bits per heavy atom. The van der Waals surface area contributed by atoms with Crippen molar-refractivity contribution in [3.05, 3.63) is 11.4 Å². The van der Waals surface area contributed by atoms with Crippen molar-refractivity contribution in [1.29, 1.82) is 0 Å². The van der Waals surface area contributed by atoms with Gasteiger partial charge in [-0.2, -0.15) is 4.98 Å². The minimum Gasteiger partial charge on any atom is -0.461 e. The number of rotatable bonds is 5. The van der Waals surface area contributed by atoms with Crippen molar-refractivity contribution < 1.29 is 4.74 Å². The summed E-state index contributed by atoms with van der Waals surface area (Å²) < 4.78 is 5.30. The molecule has 14 heavy (non-hydrogen) atoms. The maximum absolute atomic E-state index is 5.30. The van der Waals surface area contributed by atoms with Gasteiger partial charge in [0.15, 0.2) is 0 Å². The van der Waals surface area contributed by atoms with Crippen molar-refractivity contribution in [1.82, 2.24) is 20.5 Å². The Kier molecular flexibility index (Phi) is 4.25. The number of aromatic nitrogens is 3. The average Bonchev–Trinajstić information content (AvgIpc) is 2.18. The lowest BCUT2D eigenvalue weighted by Gasteiger charge is -2.04. The Morgan fingerprint density at radius 1 is 1.21 bits per heavy atom. The summed E-state index contributed by atoms with van der Waals surface area (Å²) in [4.78, 5) is 4.15. The molecule has 0 bridgehead atoms. The zero-order chi connectivity index (χ0) is 10.4. The number of aryl methyl sites for hydroxylation is 2. The van der Waals surface area contributed by atoms with Crippen LogP contribution >= 0.6 is 0 Å². The number of hydrogen-bond donors (Lipinski definition) is 1. The molecule has 0 fully saturated rings. The second-order valence-corrected chi connectivity index (χ2v) is 2.97. The zero-order valence-electron chi connectivity index (χ0n) is 8.87. The van der Waals surface area contributed by atoms with Gasteiger partial charge in [-0.15, -0.1) is 5.10 Å². The summed E-state index contributed by atoms with van der Waals surface area (Å²) in [5.74, 6) is 0. The van der Waals surface area contributed by atoms with E-state index in [0.29, 0.717) is 12.6 Å². The smallest absolute Gasteiger partial charge is 0.335 e. The van der Waals surface area contributed by atoms with E-state index in [1.807, 2.05) is 20.8 Å². The van der Waals surface area contributed by atoms with Gasteiger partial charge < -0.3 is 10.1 Å². The van der Waals surface area contributed by atoms with Crippen molar-refractivity contribution >= 4 is 0 Å². The van der Waals surface area contributed by atoms with Crippen LogP contribution in [0.15, 0.2) is 0 Å². The van der Waals surface area contributed by atoms with Crippen LogP contribution in [0.5, 0.6) is 6.01 Å². The SMILES string of the molecule is CCNCCOc1nnc(C)c(C)n1. The number of hydrogen-bond acceptors (Lipinski definition) is 5. The quantitative estimate of drug-likeness (QED) is 0.694. The molecule has 1 heterocycles. The first kappa shape index (κ1) is 10.8. The molecule has 0 spiro atoms. The molecule has 1 N–H and O–H groups in total. The number of nitrogens with one attached hydrogen (secondary N) is 1. The maximum Gasteiger partial charge on any atom is 0.335 e. The van der Waals surface area contributed by atoms with Crippen molar-refractivity contribution in [2.75, 3.05) is 19.7 Å². The molecule has 0 aliphatic rings. The van der Waals surface area contributed by atoms with E-state index in [0.717, 1.165) is 24.5 Å². The summed E-state index contributed by atoms with van der Waals surface area (Å²) in [6, 6.07) is 0.353. The monoisotopic (exact) mass is 196 g/mol. The second kappa shape index (κ2) is 5.49. The van der Waals surface area contributed by atoms with Crippen LogP contribution in [0, 0.1) is 13.8 Å². The second-order valence-electron chi connectivity index (χ2n) is 2.97. The summed E-state index contributed by atoms with van der Waals surface area (Å²) in [6.45, 7) is 8.12. The number of ether oxygens (including phenoxy) is 1. The van der Waals surface area contributed by atoms with Crippen LogP contribution in [0.4, 0.5) is 0 Å². The van der Waals surface area contributed by atoms with E-state index in [1.165, 1.54) is 0 Å². The summed E-state index contributed by atoms with van der Waals surface area (Å²) in [7, 11) is 0. The lowest BCUT2D eigenvalue weighted by molar-refractivity contribution is 0.286. The maximum atomic E-state index is 5.30. The molecule has 5 nitrogen and oxygen atoms in total. The fourth-order valence-corrected chi connectivity index (χ4v) is 0.889. The molecule has 1 aromatic heterocycles. The highest BCUT2D eigenvalue weighted by molar-refractivity contribution is 5.07. The minimum atomic E-state index is 0.353. The van der Waals surface area contributed by atoms with Crippen molar-refractivity contribution in [3.63, 3.8) is 0 Å². The lowest BCUT2D eigenvalue weighted by atomic mass is 10.4. The lowest BCUT2D eigenvalue weighted by Crippen LogP contribution is -2.21. The molecule has 0 saturated carbocycles. The van der Waals surface area contributed by atoms with Gasteiger partial charge in [-0.1, -0.05) is 12.0 Å². The zero-order valence-corrected chi connectivity index (χ0v) is 8.87. The van der Waals surface area contributed by atoms with E-state index in [1.54, 1.807) is 0 Å². The standard InChI is InChI=1S/C9H16N4O/c1-4-10-5-6-14-9-11-7(2)8(3)12-13-9/h10H,4-6H2,1-3H3. The van der Waals surface area contributed by atoms with Crippen LogP contribution in [0.3, 0.4) is 0 Å². The highest BCUT2D eigenvalue weighted by Crippen LogP contribution is 2.03. The van der Waals surface area contributed by atoms with Crippen LogP contribution in [0.25, 0.3) is 0 Å². The predicted octanol–water partition coefficient (Wildman–Crippen LogP) is 0.477. The van der Waals surface area contributed by atoms with Crippen LogP contribution < -0.4 is 10.1 Å². The Balaban J connectivity index is 2.39. The van der Waals surface area contributed by atoms with Gasteiger partial charge in [0, 0.05) is 6.54 Å². The van der Waals surface area contributed by atoms with Crippen molar-refractivity contribution in [3.8, 4) is 6.01 Å². The third-order valence-electron chi connectivity index (χ3n) is 1.83. The number of likely N-dealkylation sites (N-methyl/N-ethyl adjacent to an activating group) is 1. The van der Waals surface area contributed by atoms with Crippen molar-refractivity contribution in [2.24, 2.45) is 0 Å². The van der Waals surface area contributed by atoms with Gasteiger partial charge >= 0.3 is 6.01 Å². The number of nitrogens with zero attached hydrogens (tertiary/aromatic N) is 3. The summed E-state index contributed by atoms with van der Waals surface area (Å²) in [5, 5.41) is 10.9. The Morgan fingerprint density at radius 2 is 2.00 bits per heavy atom. The Labute approximate surface area is 83.9 Å². The normalized spacial score (nSPS) is 10.2. The molecule has 0 amide bonds. The molecular formula is C9H16N4O. The predicted molar refractivity (Wildman–Crippen MR) is 53.3 cm³/mol. The van der Waals surface area contributed by atoms with E-state index in [-0.39, 0.29) is 0 Å². The molecule has 5 heteroatoms. The molecule has 0 unspecified atom stereocenters. The summed E-state index contributed by atoms with van der Waals surface area (Å²) in [5.41, 5.74) is 1.70. The van der Waals surface area contributed by atoms with Gasteiger partial charge in [0.25, 0.3) is 0 Å². The van der Waals surface area contributed by atoms with Crippen LogP contribution in [-0.4, -0.2) is 34.9 Å². The van der Waals surface area contributed by atoms with E-state index in [4.69, 9.17) is 4.74 Å². The van der Waals surface area contributed by atoms with Crippen LogP contribution in [-0.2, 0) is 0 Å². The topological polar surface area (TPSA) is 59.9 Å². The average molecular weight is 196 g/mol. The van der Waals surface area contributed by atoms with Gasteiger partial charge in [0.2, 0.25) is 0 Å². The van der Waals surface area contributed by atoms with Gasteiger partial charge in [-0.05, 0) is 20.4 Å². The van der Waals surface area contributed by atoms with Gasteiger partial charge in [0.1, 0.15) is 6.61 Å². The van der Waals surface area contributed by atoms with Crippen LogP contribution in [0.1, 0.15) is 18.3 Å². The molecular weight excluding hydrogens is 180 g/mol. The first-order valence-corrected chi connectivity index (χ1v) is 4.75. The van der Waals surface area contributed by atoms with E-state index >= 15 is 0 Å². The Bertz CT molecular complexity index is 290. The highest BCUT2D eigenvalue weighted by Gasteiger charge is 2.01. The molecule has 1 aromatic rings. The van der Waals surface area contributed by atoms with Crippen LogP contribution in [0.2, 0.25) is 0 Å².